The maximum Gasteiger partial charge on any atom is 0.236 e. The van der Waals surface area contributed by atoms with Crippen molar-refractivity contribution in [2.45, 2.75) is 39.2 Å². The summed E-state index contributed by atoms with van der Waals surface area (Å²) in [5.74, 6) is 0.175. The van der Waals surface area contributed by atoms with Crippen LogP contribution in [0.1, 0.15) is 44.7 Å². The van der Waals surface area contributed by atoms with Crippen LogP contribution in [-0.2, 0) is 9.59 Å². The van der Waals surface area contributed by atoms with E-state index in [1.165, 1.54) is 12.1 Å². The van der Waals surface area contributed by atoms with Crippen molar-refractivity contribution < 1.29 is 14.0 Å². The van der Waals surface area contributed by atoms with Gasteiger partial charge in [-0.15, -0.1) is 0 Å². The van der Waals surface area contributed by atoms with Gasteiger partial charge in [0.2, 0.25) is 11.8 Å². The second kappa shape index (κ2) is 7.62. The second-order valence-electron chi connectivity index (χ2n) is 8.60. The average Bonchev–Trinajstić information content (AvgIpc) is 2.71. The summed E-state index contributed by atoms with van der Waals surface area (Å²) >= 11 is 0. The highest BCUT2D eigenvalue weighted by atomic mass is 19.1. The number of hydrogen-bond donors (Lipinski definition) is 0. The lowest BCUT2D eigenvalue weighted by Gasteiger charge is -2.59. The van der Waals surface area contributed by atoms with Gasteiger partial charge in [0.1, 0.15) is 5.82 Å². The zero-order valence-corrected chi connectivity index (χ0v) is 17.0. The largest absolute Gasteiger partial charge is 0.343 e. The number of nitrogens with zero attached hydrogens (tertiary/aromatic N) is 2. The Bertz CT molecular complexity index is 904. The number of likely N-dealkylation sites (tertiary alicyclic amines) is 1. The van der Waals surface area contributed by atoms with Crippen molar-refractivity contribution in [3.63, 3.8) is 0 Å². The van der Waals surface area contributed by atoms with Gasteiger partial charge in [-0.1, -0.05) is 50.2 Å². The molecule has 0 aliphatic carbocycles. The number of rotatable bonds is 4. The molecule has 2 aromatic carbocycles. The normalized spacial score (nSPS) is 20.8. The van der Waals surface area contributed by atoms with Gasteiger partial charge in [-0.2, -0.15) is 0 Å². The van der Waals surface area contributed by atoms with Gasteiger partial charge in [0.15, 0.2) is 0 Å². The smallest absolute Gasteiger partial charge is 0.236 e. The molecule has 2 amide bonds. The van der Waals surface area contributed by atoms with Crippen molar-refractivity contribution in [2.24, 2.45) is 11.3 Å². The van der Waals surface area contributed by atoms with Gasteiger partial charge in [0.25, 0.3) is 0 Å². The third-order valence-corrected chi connectivity index (χ3v) is 6.22. The van der Waals surface area contributed by atoms with E-state index in [1.54, 1.807) is 17.0 Å². The van der Waals surface area contributed by atoms with Gasteiger partial charge in [-0.05, 0) is 42.5 Å². The van der Waals surface area contributed by atoms with Crippen LogP contribution >= 0.6 is 0 Å². The Morgan fingerprint density at radius 2 is 1.79 bits per heavy atom. The molecule has 0 bridgehead atoms. The van der Waals surface area contributed by atoms with Crippen molar-refractivity contribution in [2.75, 3.05) is 18.0 Å². The van der Waals surface area contributed by atoms with E-state index in [0.29, 0.717) is 44.0 Å². The molecule has 152 valence electrons. The molecule has 2 heterocycles. The van der Waals surface area contributed by atoms with Crippen LogP contribution in [0.2, 0.25) is 0 Å². The van der Waals surface area contributed by atoms with Crippen LogP contribution in [0.3, 0.4) is 0 Å². The molecule has 0 aromatic heterocycles. The summed E-state index contributed by atoms with van der Waals surface area (Å²) in [5.41, 5.74) is 1.12. The highest BCUT2D eigenvalue weighted by molar-refractivity contribution is 6.06. The predicted octanol–water partition coefficient (Wildman–Crippen LogP) is 4.57. The first-order valence-electron chi connectivity index (χ1n) is 10.3. The fourth-order valence-electron chi connectivity index (χ4n) is 4.77. The molecular formula is C24H27FN2O2. The monoisotopic (exact) mass is 394 g/mol. The van der Waals surface area contributed by atoms with E-state index in [-0.39, 0.29) is 23.7 Å². The number of halogens is 1. The Morgan fingerprint density at radius 1 is 1.10 bits per heavy atom. The molecule has 2 fully saturated rings. The third kappa shape index (κ3) is 3.43. The van der Waals surface area contributed by atoms with Crippen LogP contribution in [0.25, 0.3) is 0 Å². The Balaban J connectivity index is 1.62. The maximum atomic E-state index is 13.8. The number of amides is 2. The quantitative estimate of drug-likeness (QED) is 0.713. The van der Waals surface area contributed by atoms with E-state index in [9.17, 15) is 14.0 Å². The molecule has 1 atom stereocenters. The molecule has 2 aliphatic heterocycles. The van der Waals surface area contributed by atoms with Crippen LogP contribution in [0.4, 0.5) is 10.1 Å². The number of carbonyl (C=O) groups is 2. The molecule has 0 saturated carbocycles. The van der Waals surface area contributed by atoms with E-state index in [2.05, 4.69) is 0 Å². The number of carbonyl (C=O) groups excluding carboxylic acids is 2. The third-order valence-electron chi connectivity index (χ3n) is 6.22. The minimum absolute atomic E-state index is 0.0351. The zero-order valence-electron chi connectivity index (χ0n) is 17.0. The van der Waals surface area contributed by atoms with Crippen LogP contribution in [-0.4, -0.2) is 29.8 Å². The predicted molar refractivity (Wildman–Crippen MR) is 111 cm³/mol. The minimum atomic E-state index is -0.526. The number of piperidine rings is 1. The van der Waals surface area contributed by atoms with E-state index in [0.717, 1.165) is 5.56 Å². The summed E-state index contributed by atoms with van der Waals surface area (Å²) in [6, 6.07) is 16.0. The summed E-state index contributed by atoms with van der Waals surface area (Å²) in [6.07, 6.45) is 1.82. The molecule has 5 heteroatoms. The summed E-state index contributed by atoms with van der Waals surface area (Å²) in [7, 11) is 0. The minimum Gasteiger partial charge on any atom is -0.343 e. The average molecular weight is 394 g/mol. The molecular weight excluding hydrogens is 367 g/mol. The lowest BCUT2D eigenvalue weighted by Crippen LogP contribution is -2.67. The lowest BCUT2D eigenvalue weighted by molar-refractivity contribution is -0.149. The molecule has 4 rings (SSSR count). The highest BCUT2D eigenvalue weighted by Gasteiger charge is 2.62. The van der Waals surface area contributed by atoms with E-state index < -0.39 is 5.41 Å². The van der Waals surface area contributed by atoms with Crippen molar-refractivity contribution in [3.05, 3.63) is 66.0 Å². The molecule has 29 heavy (non-hydrogen) atoms. The Labute approximate surface area is 171 Å². The first-order valence-corrected chi connectivity index (χ1v) is 10.3. The topological polar surface area (TPSA) is 40.6 Å². The van der Waals surface area contributed by atoms with Gasteiger partial charge in [0.05, 0.1) is 11.5 Å². The summed E-state index contributed by atoms with van der Waals surface area (Å²) in [4.78, 5) is 29.5. The van der Waals surface area contributed by atoms with Crippen LogP contribution in [0.5, 0.6) is 0 Å². The Hall–Kier alpha value is -2.69. The van der Waals surface area contributed by atoms with Crippen LogP contribution in [0, 0.1) is 17.2 Å². The standard InChI is InChI=1S/C24H27FN2O2/c1-17(2)15-21(28)26-13-11-24(12-14-26)22(18-7-4-3-5-8-18)27(23(24)29)20-10-6-9-19(25)16-20/h3-10,16-17,22H,11-15H2,1-2H3. The van der Waals surface area contributed by atoms with Crippen LogP contribution < -0.4 is 4.90 Å². The first kappa shape index (κ1) is 19.6. The van der Waals surface area contributed by atoms with Crippen molar-refractivity contribution in [3.8, 4) is 0 Å². The van der Waals surface area contributed by atoms with E-state index >= 15 is 0 Å². The molecule has 2 saturated heterocycles. The Kier molecular flexibility index (Phi) is 5.15. The van der Waals surface area contributed by atoms with Crippen molar-refractivity contribution >= 4 is 17.5 Å². The molecule has 2 aliphatic rings. The number of anilines is 1. The maximum absolute atomic E-state index is 13.8. The van der Waals surface area contributed by atoms with Gasteiger partial charge in [-0.25, -0.2) is 4.39 Å². The fraction of sp³-hybridized carbons (Fsp3) is 0.417. The molecule has 4 nitrogen and oxygen atoms in total. The number of benzene rings is 2. The number of β-lactam (4-membered cyclic amide) rings is 1. The van der Waals surface area contributed by atoms with Gasteiger partial charge < -0.3 is 9.80 Å². The van der Waals surface area contributed by atoms with Gasteiger partial charge >= 0.3 is 0 Å². The highest BCUT2D eigenvalue weighted by Crippen LogP contribution is 2.57. The fourth-order valence-corrected chi connectivity index (χ4v) is 4.77. The summed E-state index contributed by atoms with van der Waals surface area (Å²) in [6.45, 7) is 5.28. The molecule has 1 spiro atoms. The zero-order chi connectivity index (χ0) is 20.6. The molecule has 2 aromatic rings. The lowest BCUT2D eigenvalue weighted by atomic mass is 9.62. The second-order valence-corrected chi connectivity index (χ2v) is 8.60. The summed E-state index contributed by atoms with van der Waals surface area (Å²) < 4.78 is 13.8. The van der Waals surface area contributed by atoms with Gasteiger partial charge in [-0.3, -0.25) is 9.59 Å². The molecule has 0 radical (unpaired) electrons. The summed E-state index contributed by atoms with van der Waals surface area (Å²) in [5, 5.41) is 0. The molecule has 1 unspecified atom stereocenters. The molecule has 0 N–H and O–H groups in total. The van der Waals surface area contributed by atoms with Crippen molar-refractivity contribution in [1.29, 1.82) is 0 Å². The van der Waals surface area contributed by atoms with Gasteiger partial charge in [0, 0.05) is 25.2 Å². The van der Waals surface area contributed by atoms with Crippen molar-refractivity contribution in [1.82, 2.24) is 4.90 Å². The Morgan fingerprint density at radius 3 is 2.41 bits per heavy atom. The SMILES string of the molecule is CC(C)CC(=O)N1CCC2(CC1)C(=O)N(c1cccc(F)c1)C2c1ccccc1. The van der Waals surface area contributed by atoms with Crippen LogP contribution in [0.15, 0.2) is 54.6 Å². The van der Waals surface area contributed by atoms with E-state index in [1.807, 2.05) is 49.1 Å². The number of hydrogen-bond acceptors (Lipinski definition) is 2. The first-order chi connectivity index (χ1) is 13.9. The van der Waals surface area contributed by atoms with E-state index in [4.69, 9.17) is 0 Å².